The Hall–Kier alpha value is -1.36. The summed E-state index contributed by atoms with van der Waals surface area (Å²) in [5.74, 6) is -0.587. The number of carbonyl (C=O) groups excluding carboxylic acids is 2. The van der Waals surface area contributed by atoms with Gasteiger partial charge in [-0.3, -0.25) is 9.59 Å². The van der Waals surface area contributed by atoms with Gasteiger partial charge in [-0.15, -0.1) is 0 Å². The Labute approximate surface area is 124 Å². The lowest BCUT2D eigenvalue weighted by Crippen LogP contribution is -2.55. The van der Waals surface area contributed by atoms with Crippen LogP contribution in [-0.2, 0) is 19.1 Å². The summed E-state index contributed by atoms with van der Waals surface area (Å²) in [4.78, 5) is 23.3. The van der Waals surface area contributed by atoms with E-state index in [-0.39, 0.29) is 41.9 Å². The Balaban J connectivity index is 2.00. The molecule has 1 saturated carbocycles. The Morgan fingerprint density at radius 3 is 2.71 bits per heavy atom. The van der Waals surface area contributed by atoms with Crippen LogP contribution in [0.15, 0.2) is 11.1 Å². The molecule has 2 fully saturated rings. The quantitative estimate of drug-likeness (QED) is 0.587. The lowest BCUT2D eigenvalue weighted by Gasteiger charge is -2.51. The van der Waals surface area contributed by atoms with Crippen LogP contribution in [0.5, 0.6) is 0 Å². The van der Waals surface area contributed by atoms with Crippen molar-refractivity contribution in [1.82, 2.24) is 0 Å². The molecule has 0 radical (unpaired) electrons. The van der Waals surface area contributed by atoms with Crippen LogP contribution in [0, 0.1) is 17.8 Å². The van der Waals surface area contributed by atoms with Gasteiger partial charge in [-0.1, -0.05) is 18.1 Å². The minimum atomic E-state index is -0.479. The standard InChI is InChI=1S/C16H22O5/c1-7-4-13(20-9(3)17)11-6-14(19)21-16-8(2)12(18)5-10(7)15(11)16/h8,11-13,15-16,18H,4-6H2,1-3H3/t8-,11-,12+,13+,15-,16+/m1/s1. The summed E-state index contributed by atoms with van der Waals surface area (Å²) in [5, 5.41) is 10.2. The first-order chi connectivity index (χ1) is 9.88. The summed E-state index contributed by atoms with van der Waals surface area (Å²) in [6, 6.07) is 0. The van der Waals surface area contributed by atoms with Gasteiger partial charge in [0, 0.05) is 31.1 Å². The minimum Gasteiger partial charge on any atom is -0.462 e. The molecule has 0 spiro atoms. The number of hydrogen-bond donors (Lipinski definition) is 1. The van der Waals surface area contributed by atoms with Crippen molar-refractivity contribution in [2.45, 2.75) is 58.3 Å². The highest BCUT2D eigenvalue weighted by atomic mass is 16.6. The molecule has 3 rings (SSSR count). The van der Waals surface area contributed by atoms with Gasteiger partial charge in [0.25, 0.3) is 0 Å². The van der Waals surface area contributed by atoms with Gasteiger partial charge < -0.3 is 14.6 Å². The SMILES string of the molecule is CC(=O)O[C@H]1CC(C)=C2C[C@H](O)[C@@H](C)[C@@H]3OC(=O)C[C@H]1[C@@H]23. The van der Waals surface area contributed by atoms with Crippen LogP contribution in [-0.4, -0.2) is 35.4 Å². The smallest absolute Gasteiger partial charge is 0.306 e. The molecule has 5 heteroatoms. The second-order valence-corrected chi connectivity index (χ2v) is 6.64. The van der Waals surface area contributed by atoms with Crippen molar-refractivity contribution in [2.24, 2.45) is 17.8 Å². The number of carbonyl (C=O) groups is 2. The predicted octanol–water partition coefficient (Wildman–Crippen LogP) is 1.59. The first kappa shape index (κ1) is 14.6. The zero-order valence-electron chi connectivity index (χ0n) is 12.7. The predicted molar refractivity (Wildman–Crippen MR) is 74.1 cm³/mol. The van der Waals surface area contributed by atoms with E-state index < -0.39 is 6.10 Å². The number of ether oxygens (including phenoxy) is 2. The molecule has 0 aromatic rings. The van der Waals surface area contributed by atoms with Crippen LogP contribution in [0.1, 0.15) is 40.0 Å². The van der Waals surface area contributed by atoms with E-state index in [0.29, 0.717) is 19.3 Å². The first-order valence-corrected chi connectivity index (χ1v) is 7.61. The highest BCUT2D eigenvalue weighted by Gasteiger charge is 2.53. The molecular formula is C16H22O5. The van der Waals surface area contributed by atoms with Crippen molar-refractivity contribution < 1.29 is 24.2 Å². The van der Waals surface area contributed by atoms with Crippen molar-refractivity contribution in [3.63, 3.8) is 0 Å². The molecule has 5 nitrogen and oxygen atoms in total. The van der Waals surface area contributed by atoms with E-state index in [9.17, 15) is 14.7 Å². The van der Waals surface area contributed by atoms with Gasteiger partial charge in [0.1, 0.15) is 12.2 Å². The van der Waals surface area contributed by atoms with E-state index >= 15 is 0 Å². The lowest BCUT2D eigenvalue weighted by atomic mass is 9.61. The second kappa shape index (κ2) is 5.13. The average Bonchev–Trinajstić information content (AvgIpc) is 2.39. The largest absolute Gasteiger partial charge is 0.462 e. The molecule has 6 atom stereocenters. The molecule has 116 valence electrons. The fraction of sp³-hybridized carbons (Fsp3) is 0.750. The van der Waals surface area contributed by atoms with Crippen molar-refractivity contribution in [2.75, 3.05) is 0 Å². The van der Waals surface area contributed by atoms with Gasteiger partial charge in [0.05, 0.1) is 12.5 Å². The van der Waals surface area contributed by atoms with Crippen LogP contribution in [0.25, 0.3) is 0 Å². The number of hydrogen-bond acceptors (Lipinski definition) is 5. The van der Waals surface area contributed by atoms with Crippen molar-refractivity contribution >= 4 is 11.9 Å². The van der Waals surface area contributed by atoms with Crippen LogP contribution < -0.4 is 0 Å². The third-order valence-electron chi connectivity index (χ3n) is 5.29. The highest BCUT2D eigenvalue weighted by Crippen LogP contribution is 2.50. The maximum absolute atomic E-state index is 11.9. The third kappa shape index (κ3) is 2.37. The van der Waals surface area contributed by atoms with Gasteiger partial charge in [-0.25, -0.2) is 0 Å². The van der Waals surface area contributed by atoms with Crippen LogP contribution in [0.2, 0.25) is 0 Å². The summed E-state index contributed by atoms with van der Waals surface area (Å²) in [7, 11) is 0. The Morgan fingerprint density at radius 1 is 1.33 bits per heavy atom. The zero-order valence-corrected chi connectivity index (χ0v) is 12.7. The highest BCUT2D eigenvalue weighted by molar-refractivity contribution is 5.72. The lowest BCUT2D eigenvalue weighted by molar-refractivity contribution is -0.185. The Morgan fingerprint density at radius 2 is 2.05 bits per heavy atom. The maximum Gasteiger partial charge on any atom is 0.306 e. The van der Waals surface area contributed by atoms with Gasteiger partial charge >= 0.3 is 11.9 Å². The Kier molecular flexibility index (Phi) is 3.56. The van der Waals surface area contributed by atoms with E-state index in [4.69, 9.17) is 9.47 Å². The third-order valence-corrected chi connectivity index (χ3v) is 5.29. The topological polar surface area (TPSA) is 72.8 Å². The van der Waals surface area contributed by atoms with Crippen LogP contribution >= 0.6 is 0 Å². The van der Waals surface area contributed by atoms with Gasteiger partial charge in [-0.05, 0) is 13.3 Å². The van der Waals surface area contributed by atoms with E-state index in [1.807, 2.05) is 13.8 Å². The summed E-state index contributed by atoms with van der Waals surface area (Å²) < 4.78 is 11.0. The fourth-order valence-electron chi connectivity index (χ4n) is 4.24. The van der Waals surface area contributed by atoms with E-state index in [1.165, 1.54) is 12.5 Å². The molecule has 0 bridgehead atoms. The van der Waals surface area contributed by atoms with Crippen molar-refractivity contribution in [1.29, 1.82) is 0 Å². The molecule has 2 aliphatic carbocycles. The van der Waals surface area contributed by atoms with Gasteiger partial charge in [0.15, 0.2) is 0 Å². The molecule has 1 N–H and O–H groups in total. The summed E-state index contributed by atoms with van der Waals surface area (Å²) in [6.07, 6.45) is 0.538. The molecule has 1 aliphatic heterocycles. The molecule has 0 amide bonds. The van der Waals surface area contributed by atoms with E-state index in [1.54, 1.807) is 0 Å². The monoisotopic (exact) mass is 294 g/mol. The van der Waals surface area contributed by atoms with Crippen LogP contribution in [0.4, 0.5) is 0 Å². The molecule has 0 aromatic heterocycles. The van der Waals surface area contributed by atoms with Crippen LogP contribution in [0.3, 0.4) is 0 Å². The maximum atomic E-state index is 11.9. The molecule has 0 unspecified atom stereocenters. The van der Waals surface area contributed by atoms with E-state index in [0.717, 1.165) is 5.57 Å². The molecule has 21 heavy (non-hydrogen) atoms. The molecule has 1 saturated heterocycles. The fourth-order valence-corrected chi connectivity index (χ4v) is 4.24. The van der Waals surface area contributed by atoms with Gasteiger partial charge in [0.2, 0.25) is 0 Å². The average molecular weight is 294 g/mol. The number of esters is 2. The second-order valence-electron chi connectivity index (χ2n) is 6.64. The summed E-state index contributed by atoms with van der Waals surface area (Å²) in [5.41, 5.74) is 2.36. The van der Waals surface area contributed by atoms with Crippen molar-refractivity contribution in [3.8, 4) is 0 Å². The minimum absolute atomic E-state index is 0.0196. The number of aliphatic hydroxyl groups excluding tert-OH is 1. The van der Waals surface area contributed by atoms with Crippen molar-refractivity contribution in [3.05, 3.63) is 11.1 Å². The number of aliphatic hydroxyl groups is 1. The molecular weight excluding hydrogens is 272 g/mol. The molecule has 3 aliphatic rings. The summed E-state index contributed by atoms with van der Waals surface area (Å²) in [6.45, 7) is 5.35. The number of rotatable bonds is 1. The van der Waals surface area contributed by atoms with E-state index in [2.05, 4.69) is 0 Å². The van der Waals surface area contributed by atoms with Gasteiger partial charge in [-0.2, -0.15) is 0 Å². The Bertz CT molecular complexity index is 509. The molecule has 1 heterocycles. The summed E-state index contributed by atoms with van der Waals surface area (Å²) >= 11 is 0. The normalized spacial score (nSPS) is 42.2. The first-order valence-electron chi connectivity index (χ1n) is 7.61. The molecule has 0 aromatic carbocycles. The zero-order chi connectivity index (χ0) is 15.3.